The Morgan fingerprint density at radius 2 is 1.50 bits per heavy atom. The monoisotopic (exact) mass is 250 g/mol. The van der Waals surface area contributed by atoms with Gasteiger partial charge in [0.1, 0.15) is 0 Å². The van der Waals surface area contributed by atoms with Crippen LogP contribution in [0.25, 0.3) is 0 Å². The molecule has 0 amide bonds. The summed E-state index contributed by atoms with van der Waals surface area (Å²) in [5.41, 5.74) is 0. The Labute approximate surface area is 111 Å². The lowest BCUT2D eigenvalue weighted by Gasteiger charge is -1.98. The third-order valence-corrected chi connectivity index (χ3v) is 2.68. The van der Waals surface area contributed by atoms with Gasteiger partial charge in [-0.25, -0.2) is 4.79 Å². The zero-order valence-electron chi connectivity index (χ0n) is 11.5. The lowest BCUT2D eigenvalue weighted by molar-refractivity contribution is -0.131. The summed E-state index contributed by atoms with van der Waals surface area (Å²) in [6.07, 6.45) is 20.8. The van der Waals surface area contributed by atoms with Crippen molar-refractivity contribution in [1.82, 2.24) is 0 Å². The molecular formula is C16H26O2. The fraction of sp³-hybridized carbons (Fsp3) is 0.562. The van der Waals surface area contributed by atoms with Gasteiger partial charge < -0.3 is 5.11 Å². The molecule has 0 rings (SSSR count). The minimum atomic E-state index is -0.910. The molecule has 18 heavy (non-hydrogen) atoms. The molecule has 2 nitrogen and oxygen atoms in total. The normalized spacial score (nSPS) is 12.1. The van der Waals surface area contributed by atoms with Crippen molar-refractivity contribution >= 4 is 5.97 Å². The van der Waals surface area contributed by atoms with Crippen LogP contribution in [0.5, 0.6) is 0 Å². The highest BCUT2D eigenvalue weighted by atomic mass is 16.4. The molecule has 0 aromatic heterocycles. The molecule has 0 aliphatic heterocycles. The second-order valence-corrected chi connectivity index (χ2v) is 4.42. The van der Waals surface area contributed by atoms with E-state index < -0.39 is 5.97 Å². The highest BCUT2D eigenvalue weighted by Crippen LogP contribution is 2.08. The first-order chi connectivity index (χ1) is 8.77. The number of aliphatic carboxylic acids is 1. The van der Waals surface area contributed by atoms with Gasteiger partial charge in [0, 0.05) is 6.08 Å². The maximum atomic E-state index is 10.2. The van der Waals surface area contributed by atoms with E-state index in [0.29, 0.717) is 0 Å². The summed E-state index contributed by atoms with van der Waals surface area (Å²) in [7, 11) is 0. The molecule has 0 aliphatic carbocycles. The van der Waals surface area contributed by atoms with Crippen molar-refractivity contribution in [1.29, 1.82) is 0 Å². The molecule has 0 aromatic rings. The Bertz CT molecular complexity index is 275. The van der Waals surface area contributed by atoms with E-state index in [-0.39, 0.29) is 0 Å². The minimum absolute atomic E-state index is 0.910. The van der Waals surface area contributed by atoms with Crippen molar-refractivity contribution < 1.29 is 9.90 Å². The average molecular weight is 250 g/mol. The number of allylic oxidation sites excluding steroid dienone is 5. The maximum Gasteiger partial charge on any atom is 0.328 e. The second-order valence-electron chi connectivity index (χ2n) is 4.42. The fourth-order valence-electron chi connectivity index (χ4n) is 1.66. The summed E-state index contributed by atoms with van der Waals surface area (Å²) >= 11 is 0. The van der Waals surface area contributed by atoms with E-state index in [1.807, 2.05) is 12.2 Å². The highest BCUT2D eigenvalue weighted by molar-refractivity contribution is 5.80. The molecule has 0 unspecified atom stereocenters. The SMILES string of the molecule is CCCCCCCCC\C=C/C=C\C=C/C(=O)O. The summed E-state index contributed by atoms with van der Waals surface area (Å²) in [5.74, 6) is -0.910. The van der Waals surface area contributed by atoms with Crippen LogP contribution in [-0.4, -0.2) is 11.1 Å². The van der Waals surface area contributed by atoms with E-state index in [0.717, 1.165) is 12.5 Å². The smallest absolute Gasteiger partial charge is 0.328 e. The van der Waals surface area contributed by atoms with Crippen LogP contribution in [0.4, 0.5) is 0 Å². The molecule has 0 radical (unpaired) electrons. The molecule has 0 heterocycles. The standard InChI is InChI=1S/C16H26O2/c1-2-3-4-5-6-7-8-9-10-11-12-13-14-15-16(17)18/h10-15H,2-9H2,1H3,(H,17,18)/b11-10-,13-12-,15-14-. The van der Waals surface area contributed by atoms with Crippen molar-refractivity contribution in [3.63, 3.8) is 0 Å². The molecule has 0 spiro atoms. The maximum absolute atomic E-state index is 10.2. The summed E-state index contributed by atoms with van der Waals surface area (Å²) in [5, 5.41) is 8.35. The van der Waals surface area contributed by atoms with Crippen molar-refractivity contribution in [2.45, 2.75) is 58.3 Å². The number of hydrogen-bond acceptors (Lipinski definition) is 1. The van der Waals surface area contributed by atoms with Crippen LogP contribution in [0.15, 0.2) is 36.5 Å². The summed E-state index contributed by atoms with van der Waals surface area (Å²) < 4.78 is 0. The van der Waals surface area contributed by atoms with Crippen LogP contribution < -0.4 is 0 Å². The lowest BCUT2D eigenvalue weighted by atomic mass is 10.1. The second kappa shape index (κ2) is 13.8. The third kappa shape index (κ3) is 14.7. The molecule has 102 valence electrons. The van der Waals surface area contributed by atoms with Gasteiger partial charge in [-0.1, -0.05) is 75.8 Å². The van der Waals surface area contributed by atoms with Crippen LogP contribution in [-0.2, 0) is 4.79 Å². The zero-order valence-corrected chi connectivity index (χ0v) is 11.5. The predicted octanol–water partition coefficient (Wildman–Crippen LogP) is 4.88. The van der Waals surface area contributed by atoms with Crippen LogP contribution in [0, 0.1) is 0 Å². The Balaban J connectivity index is 3.30. The van der Waals surface area contributed by atoms with E-state index in [2.05, 4.69) is 13.0 Å². The molecule has 0 fully saturated rings. The number of rotatable bonds is 11. The summed E-state index contributed by atoms with van der Waals surface area (Å²) in [6.45, 7) is 2.24. The number of carboxylic acid groups (broad SMARTS) is 1. The summed E-state index contributed by atoms with van der Waals surface area (Å²) in [4.78, 5) is 10.2. The van der Waals surface area contributed by atoms with Gasteiger partial charge in [-0.05, 0) is 12.8 Å². The van der Waals surface area contributed by atoms with E-state index >= 15 is 0 Å². The number of unbranched alkanes of at least 4 members (excludes halogenated alkanes) is 7. The van der Waals surface area contributed by atoms with Crippen molar-refractivity contribution in [2.75, 3.05) is 0 Å². The number of carboxylic acids is 1. The van der Waals surface area contributed by atoms with Crippen LogP contribution in [0.1, 0.15) is 58.3 Å². The third-order valence-electron chi connectivity index (χ3n) is 2.68. The Hall–Kier alpha value is -1.31. The Morgan fingerprint density at radius 1 is 0.889 bits per heavy atom. The molecule has 0 bridgehead atoms. The molecule has 0 atom stereocenters. The minimum Gasteiger partial charge on any atom is -0.478 e. The number of carbonyl (C=O) groups is 1. The number of hydrogen-bond donors (Lipinski definition) is 1. The van der Waals surface area contributed by atoms with Crippen molar-refractivity contribution in [3.05, 3.63) is 36.5 Å². The van der Waals surface area contributed by atoms with Gasteiger partial charge in [0.25, 0.3) is 0 Å². The largest absolute Gasteiger partial charge is 0.478 e. The zero-order chi connectivity index (χ0) is 13.5. The quantitative estimate of drug-likeness (QED) is 0.322. The molecule has 0 saturated carbocycles. The van der Waals surface area contributed by atoms with Crippen LogP contribution >= 0.6 is 0 Å². The lowest BCUT2D eigenvalue weighted by Crippen LogP contribution is -1.84. The van der Waals surface area contributed by atoms with Gasteiger partial charge in [0.2, 0.25) is 0 Å². The first-order valence-electron chi connectivity index (χ1n) is 7.00. The van der Waals surface area contributed by atoms with Gasteiger partial charge in [0.05, 0.1) is 0 Å². The van der Waals surface area contributed by atoms with Gasteiger partial charge in [0.15, 0.2) is 0 Å². The Morgan fingerprint density at radius 3 is 2.17 bits per heavy atom. The molecule has 1 N–H and O–H groups in total. The van der Waals surface area contributed by atoms with Crippen molar-refractivity contribution in [2.24, 2.45) is 0 Å². The van der Waals surface area contributed by atoms with E-state index in [9.17, 15) is 4.79 Å². The molecule has 0 aromatic carbocycles. The van der Waals surface area contributed by atoms with Gasteiger partial charge in [-0.2, -0.15) is 0 Å². The van der Waals surface area contributed by atoms with Gasteiger partial charge in [-0.3, -0.25) is 0 Å². The van der Waals surface area contributed by atoms with Crippen LogP contribution in [0.3, 0.4) is 0 Å². The molecular weight excluding hydrogens is 224 g/mol. The highest BCUT2D eigenvalue weighted by Gasteiger charge is 1.88. The van der Waals surface area contributed by atoms with Crippen molar-refractivity contribution in [3.8, 4) is 0 Å². The first kappa shape index (κ1) is 16.7. The Kier molecular flexibility index (Phi) is 12.8. The van der Waals surface area contributed by atoms with E-state index in [4.69, 9.17) is 5.11 Å². The summed E-state index contributed by atoms with van der Waals surface area (Å²) in [6, 6.07) is 0. The topological polar surface area (TPSA) is 37.3 Å². The average Bonchev–Trinajstić information content (AvgIpc) is 2.34. The fourth-order valence-corrected chi connectivity index (χ4v) is 1.66. The van der Waals surface area contributed by atoms with Gasteiger partial charge >= 0.3 is 5.97 Å². The van der Waals surface area contributed by atoms with Crippen LogP contribution in [0.2, 0.25) is 0 Å². The molecule has 2 heteroatoms. The molecule has 0 saturated heterocycles. The van der Waals surface area contributed by atoms with Gasteiger partial charge in [-0.15, -0.1) is 0 Å². The van der Waals surface area contributed by atoms with E-state index in [1.54, 1.807) is 6.08 Å². The first-order valence-corrected chi connectivity index (χ1v) is 7.00. The van der Waals surface area contributed by atoms with E-state index in [1.165, 1.54) is 51.0 Å². The molecule has 0 aliphatic rings. The predicted molar refractivity (Wildman–Crippen MR) is 77.7 cm³/mol.